The maximum atomic E-state index is 8.73. The third-order valence-corrected chi connectivity index (χ3v) is 3.07. The second-order valence-corrected chi connectivity index (χ2v) is 4.52. The Labute approximate surface area is 93.9 Å². The van der Waals surface area contributed by atoms with Crippen LogP contribution in [0.1, 0.15) is 39.0 Å². The highest BCUT2D eigenvalue weighted by molar-refractivity contribution is 4.77. The molecule has 15 heavy (non-hydrogen) atoms. The maximum Gasteiger partial charge on any atom is 0.0431 e. The summed E-state index contributed by atoms with van der Waals surface area (Å²) in [6.45, 7) is 7.31. The van der Waals surface area contributed by atoms with Crippen LogP contribution in [0.2, 0.25) is 0 Å². The van der Waals surface area contributed by atoms with Crippen LogP contribution in [0.15, 0.2) is 0 Å². The van der Waals surface area contributed by atoms with Gasteiger partial charge >= 0.3 is 0 Å². The van der Waals surface area contributed by atoms with Gasteiger partial charge in [0.25, 0.3) is 0 Å². The van der Waals surface area contributed by atoms with Crippen molar-refractivity contribution >= 4 is 0 Å². The molecule has 1 heterocycles. The van der Waals surface area contributed by atoms with Crippen molar-refractivity contribution < 1.29 is 5.11 Å². The number of unbranched alkanes of at least 4 members (excludes halogenated alkanes) is 1. The molecule has 3 nitrogen and oxygen atoms in total. The van der Waals surface area contributed by atoms with E-state index in [4.69, 9.17) is 5.11 Å². The lowest BCUT2D eigenvalue weighted by Crippen LogP contribution is -2.46. The van der Waals surface area contributed by atoms with E-state index in [1.807, 2.05) is 0 Å². The second-order valence-electron chi connectivity index (χ2n) is 4.52. The molecule has 3 heteroatoms. The van der Waals surface area contributed by atoms with Crippen LogP contribution in [0.5, 0.6) is 0 Å². The number of hydrogen-bond donors (Lipinski definition) is 2. The smallest absolute Gasteiger partial charge is 0.0431 e. The summed E-state index contributed by atoms with van der Waals surface area (Å²) in [4.78, 5) is 2.53. The first-order chi connectivity index (χ1) is 7.36. The third kappa shape index (κ3) is 5.50. The van der Waals surface area contributed by atoms with Crippen molar-refractivity contribution in [3.05, 3.63) is 0 Å². The minimum Gasteiger partial charge on any atom is -0.396 e. The van der Waals surface area contributed by atoms with Crippen LogP contribution < -0.4 is 5.32 Å². The number of likely N-dealkylation sites (tertiary alicyclic amines) is 1. The van der Waals surface area contributed by atoms with Crippen molar-refractivity contribution in [1.29, 1.82) is 0 Å². The highest BCUT2D eigenvalue weighted by Gasteiger charge is 2.18. The van der Waals surface area contributed by atoms with Crippen LogP contribution >= 0.6 is 0 Å². The zero-order valence-electron chi connectivity index (χ0n) is 10.0. The van der Waals surface area contributed by atoms with Gasteiger partial charge in [-0.1, -0.05) is 6.92 Å². The normalized spacial score (nSPS) is 23.2. The van der Waals surface area contributed by atoms with Gasteiger partial charge in [0, 0.05) is 19.2 Å². The summed E-state index contributed by atoms with van der Waals surface area (Å²) in [7, 11) is 0. The predicted molar refractivity (Wildman–Crippen MR) is 64.1 cm³/mol. The summed E-state index contributed by atoms with van der Waals surface area (Å²) >= 11 is 0. The molecule has 0 aromatic heterocycles. The Bertz CT molecular complexity index is 153. The predicted octanol–water partition coefficient (Wildman–Crippen LogP) is 1.22. The van der Waals surface area contributed by atoms with Crippen LogP contribution in [0.4, 0.5) is 0 Å². The van der Waals surface area contributed by atoms with Gasteiger partial charge in [0.2, 0.25) is 0 Å². The van der Waals surface area contributed by atoms with Crippen LogP contribution in [-0.4, -0.2) is 48.8 Å². The van der Waals surface area contributed by atoms with Gasteiger partial charge in [-0.2, -0.15) is 0 Å². The van der Waals surface area contributed by atoms with Crippen molar-refractivity contribution in [3.63, 3.8) is 0 Å². The number of rotatable bonds is 7. The summed E-state index contributed by atoms with van der Waals surface area (Å²) in [5, 5.41) is 12.3. The fraction of sp³-hybridized carbons (Fsp3) is 1.00. The first-order valence-electron chi connectivity index (χ1n) is 6.43. The van der Waals surface area contributed by atoms with E-state index in [1.54, 1.807) is 0 Å². The van der Waals surface area contributed by atoms with Crippen molar-refractivity contribution in [3.8, 4) is 0 Å². The van der Waals surface area contributed by atoms with Gasteiger partial charge < -0.3 is 15.3 Å². The van der Waals surface area contributed by atoms with Gasteiger partial charge in [0.15, 0.2) is 0 Å². The molecule has 2 N–H and O–H groups in total. The minimum absolute atomic E-state index is 0.339. The Kier molecular flexibility index (Phi) is 6.98. The molecule has 1 fully saturated rings. The first kappa shape index (κ1) is 12.9. The fourth-order valence-electron chi connectivity index (χ4n) is 2.22. The van der Waals surface area contributed by atoms with Crippen molar-refractivity contribution in [1.82, 2.24) is 10.2 Å². The van der Waals surface area contributed by atoms with E-state index in [1.165, 1.54) is 32.4 Å². The average Bonchev–Trinajstić information content (AvgIpc) is 2.27. The summed E-state index contributed by atoms with van der Waals surface area (Å²) in [5.41, 5.74) is 0. The Morgan fingerprint density at radius 3 is 3.00 bits per heavy atom. The molecule has 90 valence electrons. The molecular weight excluding hydrogens is 188 g/mol. The number of nitrogens with zero attached hydrogens (tertiary/aromatic N) is 1. The molecule has 1 unspecified atom stereocenters. The lowest BCUT2D eigenvalue weighted by molar-refractivity contribution is 0.181. The molecule has 0 spiro atoms. The number of piperidine rings is 1. The lowest BCUT2D eigenvalue weighted by Gasteiger charge is -2.33. The highest BCUT2D eigenvalue weighted by Crippen LogP contribution is 2.10. The standard InChI is InChI=1S/C12H26N2O/c1-2-7-13-12-6-5-9-14(11-12)8-3-4-10-15/h12-13,15H,2-11H2,1H3. The van der Waals surface area contributed by atoms with E-state index in [0.717, 1.165) is 25.9 Å². The molecule has 1 aliphatic heterocycles. The summed E-state index contributed by atoms with van der Waals surface area (Å²) < 4.78 is 0. The number of aliphatic hydroxyl groups is 1. The van der Waals surface area contributed by atoms with E-state index in [9.17, 15) is 0 Å². The quantitative estimate of drug-likeness (QED) is 0.626. The molecule has 1 aliphatic rings. The van der Waals surface area contributed by atoms with Crippen molar-refractivity contribution in [2.45, 2.75) is 45.1 Å². The van der Waals surface area contributed by atoms with Crippen molar-refractivity contribution in [2.75, 3.05) is 32.8 Å². The van der Waals surface area contributed by atoms with Gasteiger partial charge in [0.1, 0.15) is 0 Å². The second kappa shape index (κ2) is 8.08. The first-order valence-corrected chi connectivity index (χ1v) is 6.43. The Balaban J connectivity index is 2.11. The molecule has 1 rings (SSSR count). The SMILES string of the molecule is CCCNC1CCCN(CCCCO)C1. The Morgan fingerprint density at radius 2 is 2.27 bits per heavy atom. The molecule has 0 radical (unpaired) electrons. The van der Waals surface area contributed by atoms with E-state index in [-0.39, 0.29) is 0 Å². The average molecular weight is 214 g/mol. The van der Waals surface area contributed by atoms with Crippen LogP contribution in [-0.2, 0) is 0 Å². The van der Waals surface area contributed by atoms with Gasteiger partial charge in [0.05, 0.1) is 0 Å². The summed E-state index contributed by atoms with van der Waals surface area (Å²) in [6, 6.07) is 0.702. The largest absolute Gasteiger partial charge is 0.396 e. The monoisotopic (exact) mass is 214 g/mol. The Hall–Kier alpha value is -0.120. The zero-order chi connectivity index (χ0) is 10.9. The molecule has 0 saturated carbocycles. The van der Waals surface area contributed by atoms with E-state index in [0.29, 0.717) is 12.6 Å². The summed E-state index contributed by atoms with van der Waals surface area (Å²) in [5.74, 6) is 0. The molecule has 0 aliphatic carbocycles. The van der Waals surface area contributed by atoms with Gasteiger partial charge in [-0.05, 0) is 51.7 Å². The molecule has 0 amide bonds. The van der Waals surface area contributed by atoms with E-state index < -0.39 is 0 Å². The van der Waals surface area contributed by atoms with Crippen LogP contribution in [0, 0.1) is 0 Å². The maximum absolute atomic E-state index is 8.73. The summed E-state index contributed by atoms with van der Waals surface area (Å²) in [6.07, 6.45) is 5.96. The van der Waals surface area contributed by atoms with Crippen LogP contribution in [0.25, 0.3) is 0 Å². The van der Waals surface area contributed by atoms with E-state index >= 15 is 0 Å². The van der Waals surface area contributed by atoms with E-state index in [2.05, 4.69) is 17.1 Å². The molecule has 0 aromatic carbocycles. The minimum atomic E-state index is 0.339. The Morgan fingerprint density at radius 1 is 1.40 bits per heavy atom. The van der Waals surface area contributed by atoms with Gasteiger partial charge in [-0.15, -0.1) is 0 Å². The molecule has 0 aromatic rings. The zero-order valence-corrected chi connectivity index (χ0v) is 10.0. The topological polar surface area (TPSA) is 35.5 Å². The van der Waals surface area contributed by atoms with Crippen molar-refractivity contribution in [2.24, 2.45) is 0 Å². The highest BCUT2D eigenvalue weighted by atomic mass is 16.2. The molecule has 0 bridgehead atoms. The number of nitrogens with one attached hydrogen (secondary N) is 1. The fourth-order valence-corrected chi connectivity index (χ4v) is 2.22. The van der Waals surface area contributed by atoms with Gasteiger partial charge in [-0.25, -0.2) is 0 Å². The number of aliphatic hydroxyl groups excluding tert-OH is 1. The number of hydrogen-bond acceptors (Lipinski definition) is 3. The van der Waals surface area contributed by atoms with Gasteiger partial charge in [-0.3, -0.25) is 0 Å². The lowest BCUT2D eigenvalue weighted by atomic mass is 10.1. The molecule has 1 saturated heterocycles. The third-order valence-electron chi connectivity index (χ3n) is 3.07. The van der Waals surface area contributed by atoms with Crippen LogP contribution in [0.3, 0.4) is 0 Å². The molecular formula is C12H26N2O. The molecule has 1 atom stereocenters.